The second-order valence-electron chi connectivity index (χ2n) is 10.8. The first-order valence-electron chi connectivity index (χ1n) is 13.9. The lowest BCUT2D eigenvalue weighted by Crippen LogP contribution is -2.44. The highest BCUT2D eigenvalue weighted by molar-refractivity contribution is 8.15. The van der Waals surface area contributed by atoms with Gasteiger partial charge in [0, 0.05) is 33.9 Å². The van der Waals surface area contributed by atoms with Gasteiger partial charge in [-0.3, -0.25) is 24.1 Å². The van der Waals surface area contributed by atoms with Gasteiger partial charge in [-0.1, -0.05) is 24.6 Å². The molecule has 6 rings (SSSR count). The summed E-state index contributed by atoms with van der Waals surface area (Å²) in [6.45, 7) is 3.55. The summed E-state index contributed by atoms with van der Waals surface area (Å²) in [6.07, 6.45) is 1.60. The molecule has 1 fully saturated rings. The molecular formula is C30H28ClFN8O3S. The fraction of sp³-hybridized carbons (Fsp3) is 0.300. The number of carbonyl (C=O) groups excluding carboxylic acids is 3. The van der Waals surface area contributed by atoms with E-state index in [0.29, 0.717) is 32.4 Å². The maximum Gasteiger partial charge on any atom is 0.269 e. The highest BCUT2D eigenvalue weighted by Gasteiger charge is 2.40. The van der Waals surface area contributed by atoms with E-state index in [9.17, 15) is 18.8 Å². The molecule has 0 saturated carbocycles. The predicted octanol–water partition coefficient (Wildman–Crippen LogP) is 4.09. The lowest BCUT2D eigenvalue weighted by Gasteiger charge is -2.24. The molecule has 2 aliphatic heterocycles. The van der Waals surface area contributed by atoms with Gasteiger partial charge in [0.15, 0.2) is 5.69 Å². The molecule has 11 nitrogen and oxygen atoms in total. The first-order valence-corrected chi connectivity index (χ1v) is 15.2. The number of primary amides is 1. The Labute approximate surface area is 261 Å². The van der Waals surface area contributed by atoms with Gasteiger partial charge in [-0.05, 0) is 48.9 Å². The van der Waals surface area contributed by atoms with Crippen LogP contribution in [0.25, 0.3) is 22.0 Å². The molecule has 1 saturated heterocycles. The molecule has 0 radical (unpaired) electrons. The maximum atomic E-state index is 14.7. The number of hydrogen-bond acceptors (Lipinski definition) is 8. The lowest BCUT2D eigenvalue weighted by molar-refractivity contribution is -0.137. The van der Waals surface area contributed by atoms with Gasteiger partial charge in [0.1, 0.15) is 18.8 Å². The largest absolute Gasteiger partial charge is 0.364 e. The number of anilines is 1. The van der Waals surface area contributed by atoms with Gasteiger partial charge >= 0.3 is 0 Å². The van der Waals surface area contributed by atoms with Crippen LogP contribution >= 0.6 is 23.4 Å². The van der Waals surface area contributed by atoms with Crippen molar-refractivity contribution in [1.29, 1.82) is 0 Å². The molecule has 4 aromatic rings. The Balaban J connectivity index is 1.22. The number of nitrogens with one attached hydrogen (secondary N) is 1. The first kappa shape index (κ1) is 29.7. The molecule has 3 N–H and O–H groups in total. The Morgan fingerprint density at radius 3 is 2.64 bits per heavy atom. The summed E-state index contributed by atoms with van der Waals surface area (Å²) in [7, 11) is 0. The average Bonchev–Trinajstić information content (AvgIpc) is 3.68. The number of carbonyl (C=O) groups is 3. The molecule has 2 aromatic heterocycles. The van der Waals surface area contributed by atoms with Gasteiger partial charge in [0.05, 0.1) is 40.6 Å². The topological polar surface area (TPSA) is 148 Å². The second-order valence-corrected chi connectivity index (χ2v) is 12.6. The SMILES string of the molecule is CC1N=C(c2cc(NC(=O)C3CC(F)CN3C(=O)Cn3nc(C(N)=O)c4cc(-c5ccnnc5)ccc43)ccc2Cl)SC1C. The molecule has 0 spiro atoms. The van der Waals surface area contributed by atoms with Crippen LogP contribution in [0.15, 0.2) is 59.9 Å². The van der Waals surface area contributed by atoms with Crippen LogP contribution in [0.3, 0.4) is 0 Å². The number of nitrogens with two attached hydrogens (primary N) is 1. The summed E-state index contributed by atoms with van der Waals surface area (Å²) in [5.41, 5.74) is 8.77. The van der Waals surface area contributed by atoms with Gasteiger partial charge in [-0.25, -0.2) is 4.39 Å². The van der Waals surface area contributed by atoms with Crippen LogP contribution < -0.4 is 11.1 Å². The molecule has 2 aromatic carbocycles. The van der Waals surface area contributed by atoms with Crippen LogP contribution in [0, 0.1) is 0 Å². The number of halogens is 2. The quantitative estimate of drug-likeness (QED) is 0.311. The minimum absolute atomic E-state index is 0.0110. The third-order valence-electron chi connectivity index (χ3n) is 7.82. The van der Waals surface area contributed by atoms with E-state index in [2.05, 4.69) is 32.5 Å². The number of nitrogens with zero attached hydrogens (tertiary/aromatic N) is 6. The molecule has 226 valence electrons. The molecule has 0 bridgehead atoms. The van der Waals surface area contributed by atoms with Crippen LogP contribution in [0.5, 0.6) is 0 Å². The highest BCUT2D eigenvalue weighted by Crippen LogP contribution is 2.34. The fourth-order valence-electron chi connectivity index (χ4n) is 5.37. The van der Waals surface area contributed by atoms with E-state index in [0.717, 1.165) is 16.2 Å². The molecule has 4 atom stereocenters. The minimum Gasteiger partial charge on any atom is -0.364 e. The number of thioether (sulfide) groups is 1. The zero-order valence-corrected chi connectivity index (χ0v) is 25.3. The van der Waals surface area contributed by atoms with Crippen molar-refractivity contribution in [3.05, 3.63) is 71.1 Å². The van der Waals surface area contributed by atoms with Crippen molar-refractivity contribution in [1.82, 2.24) is 24.9 Å². The minimum atomic E-state index is -1.38. The molecular weight excluding hydrogens is 607 g/mol. The third-order valence-corrected chi connectivity index (χ3v) is 9.47. The zero-order chi connectivity index (χ0) is 31.1. The molecule has 4 heterocycles. The number of hydrogen-bond donors (Lipinski definition) is 2. The number of aromatic nitrogens is 4. The Hall–Kier alpha value is -4.36. The molecule has 0 aliphatic carbocycles. The van der Waals surface area contributed by atoms with Crippen LogP contribution in [0.4, 0.5) is 10.1 Å². The number of rotatable bonds is 7. The summed E-state index contributed by atoms with van der Waals surface area (Å²) >= 11 is 8.06. The number of amides is 3. The van der Waals surface area contributed by atoms with Crippen molar-refractivity contribution >= 4 is 62.7 Å². The van der Waals surface area contributed by atoms with Crippen LogP contribution in [-0.4, -0.2) is 77.7 Å². The summed E-state index contributed by atoms with van der Waals surface area (Å²) in [5, 5.41) is 16.8. The molecule has 2 aliphatic rings. The summed E-state index contributed by atoms with van der Waals surface area (Å²) in [4.78, 5) is 45.1. The smallest absolute Gasteiger partial charge is 0.269 e. The van der Waals surface area contributed by atoms with Crippen LogP contribution in [0.1, 0.15) is 36.3 Å². The highest BCUT2D eigenvalue weighted by atomic mass is 35.5. The predicted molar refractivity (Wildman–Crippen MR) is 167 cm³/mol. The monoisotopic (exact) mass is 634 g/mol. The first-order chi connectivity index (χ1) is 21.1. The lowest BCUT2D eigenvalue weighted by atomic mass is 10.0. The van der Waals surface area contributed by atoms with Crippen molar-refractivity contribution in [3.8, 4) is 11.1 Å². The number of benzene rings is 2. The maximum absolute atomic E-state index is 14.7. The third kappa shape index (κ3) is 5.76. The van der Waals surface area contributed by atoms with Crippen molar-refractivity contribution in [2.24, 2.45) is 10.7 Å². The van der Waals surface area contributed by atoms with Gasteiger partial charge < -0.3 is 16.0 Å². The van der Waals surface area contributed by atoms with E-state index in [1.807, 2.05) is 6.92 Å². The van der Waals surface area contributed by atoms with E-state index >= 15 is 0 Å². The Morgan fingerprint density at radius 1 is 1.11 bits per heavy atom. The molecule has 44 heavy (non-hydrogen) atoms. The summed E-state index contributed by atoms with van der Waals surface area (Å²) in [5.74, 6) is -1.81. The van der Waals surface area contributed by atoms with Gasteiger partial charge in [-0.2, -0.15) is 15.3 Å². The Bertz CT molecular complexity index is 1820. The van der Waals surface area contributed by atoms with Gasteiger partial charge in [0.25, 0.3) is 5.91 Å². The van der Waals surface area contributed by atoms with E-state index in [1.165, 1.54) is 9.58 Å². The van der Waals surface area contributed by atoms with E-state index < -0.39 is 29.9 Å². The van der Waals surface area contributed by atoms with E-state index in [4.69, 9.17) is 17.3 Å². The number of fused-ring (bicyclic) bond motifs is 1. The molecule has 3 amide bonds. The van der Waals surface area contributed by atoms with Crippen molar-refractivity contribution < 1.29 is 18.8 Å². The summed E-state index contributed by atoms with van der Waals surface area (Å²) < 4.78 is 16.0. The normalized spacial score (nSPS) is 21.5. The average molecular weight is 635 g/mol. The Morgan fingerprint density at radius 2 is 1.93 bits per heavy atom. The fourth-order valence-corrected chi connectivity index (χ4v) is 6.77. The summed E-state index contributed by atoms with van der Waals surface area (Å²) in [6, 6.07) is 11.2. The standard InChI is InChI=1S/C30H28ClFN8O3S/c1-15-16(2)44-30(36-15)21-11-20(4-5-23(21)31)37-29(43)25-10-19(32)13-39(25)26(41)14-40-24-6-3-17(18-7-8-34-35-12-18)9-22(24)27(38-40)28(33)42/h3-9,11-12,15-16,19,25H,10,13-14H2,1-2H3,(H2,33,42)(H,37,43). The van der Waals surface area contributed by atoms with Gasteiger partial charge in [-0.15, -0.1) is 11.8 Å². The van der Waals surface area contributed by atoms with Crippen molar-refractivity contribution in [2.45, 2.75) is 50.3 Å². The van der Waals surface area contributed by atoms with Crippen molar-refractivity contribution in [2.75, 3.05) is 11.9 Å². The molecule has 14 heteroatoms. The second kappa shape index (κ2) is 12.0. The van der Waals surface area contributed by atoms with E-state index in [-0.39, 0.29) is 31.2 Å². The van der Waals surface area contributed by atoms with Crippen LogP contribution in [0.2, 0.25) is 5.02 Å². The number of likely N-dealkylation sites (tertiary alicyclic amines) is 1. The van der Waals surface area contributed by atoms with E-state index in [1.54, 1.807) is 66.6 Å². The van der Waals surface area contributed by atoms with Crippen LogP contribution in [-0.2, 0) is 16.1 Å². The van der Waals surface area contributed by atoms with Crippen molar-refractivity contribution in [3.63, 3.8) is 0 Å². The number of aliphatic imine (C=N–C) groups is 1. The van der Waals surface area contributed by atoms with Gasteiger partial charge in [0.2, 0.25) is 11.8 Å². The number of alkyl halides is 1. The Kier molecular flexibility index (Phi) is 8.08. The zero-order valence-electron chi connectivity index (χ0n) is 23.8. The molecule has 4 unspecified atom stereocenters.